The normalized spacial score (nSPS) is 14.6. The lowest BCUT2D eigenvalue weighted by molar-refractivity contribution is 0.0944. The zero-order valence-corrected chi connectivity index (χ0v) is 20.0. The number of carbonyl (C=O) groups excluding carboxylic acids is 1. The number of fused-ring (bicyclic) bond motifs is 1. The number of ether oxygens (including phenoxy) is 2. The van der Waals surface area contributed by atoms with Crippen LogP contribution in [0.5, 0.6) is 11.5 Å². The molecule has 2 aromatic carbocycles. The van der Waals surface area contributed by atoms with Gasteiger partial charge in [0, 0.05) is 43.7 Å². The quantitative estimate of drug-likeness (QED) is 0.529. The Hall–Kier alpha value is -2.36. The molecule has 1 saturated heterocycles. The minimum absolute atomic E-state index is 0.157. The first-order valence-corrected chi connectivity index (χ1v) is 11.7. The van der Waals surface area contributed by atoms with Crippen molar-refractivity contribution in [3.63, 3.8) is 0 Å². The van der Waals surface area contributed by atoms with Crippen molar-refractivity contribution in [2.45, 2.75) is 0 Å². The molecule has 4 rings (SSSR count). The minimum atomic E-state index is -0.157. The molecule has 1 fully saturated rings. The summed E-state index contributed by atoms with van der Waals surface area (Å²) >= 11 is 5.26. The van der Waals surface area contributed by atoms with Gasteiger partial charge in [-0.3, -0.25) is 9.69 Å². The zero-order valence-electron chi connectivity index (χ0n) is 17.6. The molecule has 1 aromatic heterocycles. The van der Waals surface area contributed by atoms with Gasteiger partial charge in [0.1, 0.15) is 0 Å². The molecule has 164 valence electrons. The first-order valence-electron chi connectivity index (χ1n) is 10.1. The third-order valence-electron chi connectivity index (χ3n) is 5.34. The van der Waals surface area contributed by atoms with Crippen molar-refractivity contribution in [1.82, 2.24) is 15.2 Å². The maximum Gasteiger partial charge on any atom is 0.255 e. The van der Waals surface area contributed by atoms with E-state index in [1.165, 1.54) is 4.70 Å². The van der Waals surface area contributed by atoms with Gasteiger partial charge in [-0.1, -0.05) is 33.3 Å². The Bertz CT molecular complexity index is 1070. The van der Waals surface area contributed by atoms with Crippen molar-refractivity contribution in [2.75, 3.05) is 58.4 Å². The van der Waals surface area contributed by atoms with Crippen LogP contribution in [0.15, 0.2) is 40.9 Å². The summed E-state index contributed by atoms with van der Waals surface area (Å²) in [7, 11) is 3.10. The predicted octanol–water partition coefficient (Wildman–Crippen LogP) is 3.63. The number of rotatable bonds is 7. The fourth-order valence-corrected chi connectivity index (χ4v) is 5.24. The summed E-state index contributed by atoms with van der Waals surface area (Å²) < 4.78 is 12.9. The number of halogens is 1. The molecular weight excluding hydrogens is 480 g/mol. The van der Waals surface area contributed by atoms with Crippen molar-refractivity contribution in [3.8, 4) is 11.5 Å². The van der Waals surface area contributed by atoms with Gasteiger partial charge < -0.3 is 19.7 Å². The third-order valence-corrected chi connectivity index (χ3v) is 6.92. The van der Waals surface area contributed by atoms with E-state index in [9.17, 15) is 4.79 Å². The van der Waals surface area contributed by atoms with Crippen molar-refractivity contribution in [1.29, 1.82) is 0 Å². The van der Waals surface area contributed by atoms with Gasteiger partial charge in [-0.2, -0.15) is 0 Å². The highest BCUT2D eigenvalue weighted by Crippen LogP contribution is 2.32. The predicted molar refractivity (Wildman–Crippen MR) is 128 cm³/mol. The van der Waals surface area contributed by atoms with E-state index in [1.54, 1.807) is 43.8 Å². The molecule has 0 spiro atoms. The number of carbonyl (C=O) groups is 1. The van der Waals surface area contributed by atoms with E-state index in [2.05, 4.69) is 43.2 Å². The number of benzene rings is 2. The lowest BCUT2D eigenvalue weighted by Gasteiger charge is -2.34. The summed E-state index contributed by atoms with van der Waals surface area (Å²) in [5, 5.41) is 4.07. The molecule has 1 aliphatic heterocycles. The topological polar surface area (TPSA) is 66.9 Å². The van der Waals surface area contributed by atoms with Gasteiger partial charge in [-0.25, -0.2) is 4.98 Å². The Balaban J connectivity index is 1.27. The van der Waals surface area contributed by atoms with Gasteiger partial charge in [0.25, 0.3) is 5.91 Å². The molecule has 0 aliphatic carbocycles. The van der Waals surface area contributed by atoms with Crippen LogP contribution in [0.25, 0.3) is 10.2 Å². The molecule has 0 radical (unpaired) electrons. The van der Waals surface area contributed by atoms with Crippen LogP contribution in [-0.4, -0.2) is 69.3 Å². The lowest BCUT2D eigenvalue weighted by Crippen LogP contribution is -2.48. The van der Waals surface area contributed by atoms with E-state index in [1.807, 2.05) is 6.07 Å². The van der Waals surface area contributed by atoms with Crippen molar-refractivity contribution >= 4 is 48.5 Å². The molecule has 1 aliphatic rings. The molecule has 1 amide bonds. The number of methoxy groups -OCH3 is 2. The van der Waals surface area contributed by atoms with Crippen LogP contribution in [0.4, 0.5) is 5.13 Å². The number of thiazole rings is 1. The Morgan fingerprint density at radius 2 is 1.97 bits per heavy atom. The summed E-state index contributed by atoms with van der Waals surface area (Å²) in [6.07, 6.45) is 0. The summed E-state index contributed by atoms with van der Waals surface area (Å²) in [5.41, 5.74) is 1.52. The van der Waals surface area contributed by atoms with Crippen LogP contribution in [0.1, 0.15) is 10.4 Å². The first-order chi connectivity index (χ1) is 15.1. The number of hydrogen-bond donors (Lipinski definition) is 1. The molecule has 31 heavy (non-hydrogen) atoms. The smallest absolute Gasteiger partial charge is 0.255 e. The molecule has 3 aromatic rings. The fraction of sp³-hybridized carbons (Fsp3) is 0.364. The van der Waals surface area contributed by atoms with Gasteiger partial charge >= 0.3 is 0 Å². The Kier molecular flexibility index (Phi) is 6.94. The van der Waals surface area contributed by atoms with E-state index < -0.39 is 0 Å². The summed E-state index contributed by atoms with van der Waals surface area (Å²) in [5.74, 6) is 0.850. The fourth-order valence-electron chi connectivity index (χ4n) is 3.67. The van der Waals surface area contributed by atoms with Gasteiger partial charge in [0.15, 0.2) is 16.6 Å². The van der Waals surface area contributed by atoms with Gasteiger partial charge in [0.05, 0.1) is 30.0 Å². The van der Waals surface area contributed by atoms with E-state index in [4.69, 9.17) is 14.5 Å². The van der Waals surface area contributed by atoms with Gasteiger partial charge in [-0.15, -0.1) is 0 Å². The average Bonchev–Trinajstić information content (AvgIpc) is 3.22. The van der Waals surface area contributed by atoms with E-state index in [0.717, 1.165) is 47.8 Å². The van der Waals surface area contributed by atoms with Gasteiger partial charge in [-0.05, 0) is 30.3 Å². The van der Waals surface area contributed by atoms with E-state index in [-0.39, 0.29) is 5.91 Å². The molecule has 0 atom stereocenters. The van der Waals surface area contributed by atoms with E-state index in [0.29, 0.717) is 23.6 Å². The number of nitrogens with zero attached hydrogens (tertiary/aromatic N) is 3. The Morgan fingerprint density at radius 3 is 2.71 bits per heavy atom. The Labute approximate surface area is 194 Å². The summed E-state index contributed by atoms with van der Waals surface area (Å²) in [6, 6.07) is 11.5. The first kappa shape index (κ1) is 21.9. The molecule has 0 saturated carbocycles. The third kappa shape index (κ3) is 4.94. The molecule has 9 heteroatoms. The minimum Gasteiger partial charge on any atom is -0.493 e. The highest BCUT2D eigenvalue weighted by atomic mass is 79.9. The summed E-state index contributed by atoms with van der Waals surface area (Å²) in [4.78, 5) is 22.1. The number of para-hydroxylation sites is 1. The zero-order chi connectivity index (χ0) is 21.8. The number of piperazine rings is 1. The molecular formula is C22H25BrN4O3S. The SMILES string of the molecule is COc1cccc(C(=O)NCCN2CCN(c3nc4ccc(Br)cc4s3)CC2)c1OC. The highest BCUT2D eigenvalue weighted by Gasteiger charge is 2.21. The Morgan fingerprint density at radius 1 is 1.16 bits per heavy atom. The van der Waals surface area contributed by atoms with Crippen LogP contribution < -0.4 is 19.7 Å². The van der Waals surface area contributed by atoms with Crippen LogP contribution in [-0.2, 0) is 0 Å². The van der Waals surface area contributed by atoms with E-state index >= 15 is 0 Å². The average molecular weight is 505 g/mol. The highest BCUT2D eigenvalue weighted by molar-refractivity contribution is 9.10. The monoisotopic (exact) mass is 504 g/mol. The van der Waals surface area contributed by atoms with Crippen LogP contribution in [0.2, 0.25) is 0 Å². The molecule has 2 heterocycles. The molecule has 1 N–H and O–H groups in total. The van der Waals surface area contributed by atoms with Crippen LogP contribution in [0, 0.1) is 0 Å². The number of amides is 1. The van der Waals surface area contributed by atoms with Crippen molar-refractivity contribution < 1.29 is 14.3 Å². The standard InChI is InChI=1S/C22H25BrN4O3S/c1-29-18-5-3-4-16(20(18)30-2)21(28)24-8-9-26-10-12-27(13-11-26)22-25-17-7-6-15(23)14-19(17)31-22/h3-7,14H,8-13H2,1-2H3,(H,24,28). The van der Waals surface area contributed by atoms with Gasteiger partial charge in [0.2, 0.25) is 0 Å². The second-order valence-electron chi connectivity index (χ2n) is 7.23. The number of nitrogens with one attached hydrogen (secondary N) is 1. The molecule has 0 bridgehead atoms. The van der Waals surface area contributed by atoms with Crippen LogP contribution >= 0.6 is 27.3 Å². The van der Waals surface area contributed by atoms with Crippen molar-refractivity contribution in [3.05, 3.63) is 46.4 Å². The molecule has 7 nitrogen and oxygen atoms in total. The second kappa shape index (κ2) is 9.84. The lowest BCUT2D eigenvalue weighted by atomic mass is 10.1. The molecule has 0 unspecified atom stereocenters. The number of aromatic nitrogens is 1. The summed E-state index contributed by atoms with van der Waals surface area (Å²) in [6.45, 7) is 5.13. The second-order valence-corrected chi connectivity index (χ2v) is 9.16. The van der Waals surface area contributed by atoms with Crippen LogP contribution in [0.3, 0.4) is 0 Å². The number of anilines is 1. The van der Waals surface area contributed by atoms with Crippen molar-refractivity contribution in [2.24, 2.45) is 0 Å². The largest absolute Gasteiger partial charge is 0.493 e. The maximum atomic E-state index is 12.6. The maximum absolute atomic E-state index is 12.6. The number of hydrogen-bond acceptors (Lipinski definition) is 7.